The molecule has 1 aromatic heterocycles. The number of halogens is 1. The van der Waals surface area contributed by atoms with Crippen molar-refractivity contribution in [2.75, 3.05) is 38.4 Å². The number of pyridine rings is 1. The van der Waals surface area contributed by atoms with Gasteiger partial charge in [-0.05, 0) is 43.2 Å². The van der Waals surface area contributed by atoms with Crippen LogP contribution in [0.2, 0.25) is 0 Å². The number of aromatic nitrogens is 1. The lowest BCUT2D eigenvalue weighted by Crippen LogP contribution is -2.25. The van der Waals surface area contributed by atoms with Crippen LogP contribution < -0.4 is 19.1 Å². The molecular formula is C25H25FN2O6. The molecular weight excluding hydrogens is 443 g/mol. The van der Waals surface area contributed by atoms with Gasteiger partial charge in [-0.15, -0.1) is 0 Å². The summed E-state index contributed by atoms with van der Waals surface area (Å²) in [6, 6.07) is 12.1. The highest BCUT2D eigenvalue weighted by Crippen LogP contribution is 2.35. The van der Waals surface area contributed by atoms with Crippen LogP contribution in [-0.2, 0) is 16.1 Å². The predicted octanol–water partition coefficient (Wildman–Crippen LogP) is 4.48. The number of hydrogen-bond acceptors (Lipinski definition) is 7. The van der Waals surface area contributed by atoms with E-state index in [2.05, 4.69) is 4.98 Å². The zero-order chi connectivity index (χ0) is 23.5. The second-order valence-electron chi connectivity index (χ2n) is 8.09. The van der Waals surface area contributed by atoms with Crippen LogP contribution in [0, 0.1) is 5.82 Å². The minimum atomic E-state index is -0.388. The molecule has 1 fully saturated rings. The van der Waals surface area contributed by atoms with Crippen LogP contribution in [0.25, 0.3) is 10.9 Å². The third-order valence-electron chi connectivity index (χ3n) is 5.87. The van der Waals surface area contributed by atoms with Crippen LogP contribution >= 0.6 is 0 Å². The Morgan fingerprint density at radius 1 is 1.12 bits per heavy atom. The van der Waals surface area contributed by atoms with Gasteiger partial charge in [0, 0.05) is 29.7 Å². The quantitative estimate of drug-likeness (QED) is 0.451. The SMILES string of the molecule is COc1ccc2ccc(F)c(COCCCC3CN(c4ccc5c(c4)OCCO5)C(=O)O3)c2n1. The molecule has 5 rings (SSSR count). The van der Waals surface area contributed by atoms with Crippen molar-refractivity contribution in [1.82, 2.24) is 4.98 Å². The van der Waals surface area contributed by atoms with Gasteiger partial charge in [-0.25, -0.2) is 14.2 Å². The van der Waals surface area contributed by atoms with Crippen molar-refractivity contribution < 1.29 is 32.9 Å². The molecule has 0 radical (unpaired) electrons. The molecule has 3 heterocycles. The van der Waals surface area contributed by atoms with Gasteiger partial charge in [0.1, 0.15) is 25.1 Å². The highest BCUT2D eigenvalue weighted by molar-refractivity contribution is 5.90. The lowest BCUT2D eigenvalue weighted by molar-refractivity contribution is 0.0964. The Balaban J connectivity index is 1.13. The van der Waals surface area contributed by atoms with Gasteiger partial charge < -0.3 is 23.7 Å². The zero-order valence-electron chi connectivity index (χ0n) is 18.8. The zero-order valence-corrected chi connectivity index (χ0v) is 18.8. The molecule has 1 atom stereocenters. The van der Waals surface area contributed by atoms with Crippen LogP contribution in [0.1, 0.15) is 18.4 Å². The first-order chi connectivity index (χ1) is 16.6. The first kappa shape index (κ1) is 22.2. The van der Waals surface area contributed by atoms with Crippen LogP contribution in [-0.4, -0.2) is 50.7 Å². The molecule has 2 aliphatic heterocycles. The molecule has 1 unspecified atom stereocenters. The molecule has 0 N–H and O–H groups in total. The van der Waals surface area contributed by atoms with Gasteiger partial charge in [0.2, 0.25) is 5.88 Å². The second-order valence-corrected chi connectivity index (χ2v) is 8.09. The molecule has 1 saturated heterocycles. The predicted molar refractivity (Wildman–Crippen MR) is 122 cm³/mol. The lowest BCUT2D eigenvalue weighted by atomic mass is 10.1. The fourth-order valence-electron chi connectivity index (χ4n) is 4.13. The third-order valence-corrected chi connectivity index (χ3v) is 5.87. The molecule has 0 saturated carbocycles. The van der Waals surface area contributed by atoms with E-state index >= 15 is 0 Å². The normalized spacial score (nSPS) is 17.2. The van der Waals surface area contributed by atoms with Crippen LogP contribution in [0.4, 0.5) is 14.9 Å². The molecule has 9 heteroatoms. The topological polar surface area (TPSA) is 79.4 Å². The summed E-state index contributed by atoms with van der Waals surface area (Å²) in [5.41, 5.74) is 1.63. The second kappa shape index (κ2) is 9.72. The summed E-state index contributed by atoms with van der Waals surface area (Å²) >= 11 is 0. The monoisotopic (exact) mass is 468 g/mol. The smallest absolute Gasteiger partial charge is 0.414 e. The Hall–Kier alpha value is -3.59. The highest BCUT2D eigenvalue weighted by atomic mass is 19.1. The van der Waals surface area contributed by atoms with Gasteiger partial charge in [0.05, 0.1) is 31.5 Å². The van der Waals surface area contributed by atoms with E-state index in [1.54, 1.807) is 29.2 Å². The van der Waals surface area contributed by atoms with Crippen LogP contribution in [0.3, 0.4) is 0 Å². The summed E-state index contributed by atoms with van der Waals surface area (Å²) < 4.78 is 42.0. The van der Waals surface area contributed by atoms with Crippen molar-refractivity contribution in [3.63, 3.8) is 0 Å². The van der Waals surface area contributed by atoms with Gasteiger partial charge in [-0.2, -0.15) is 0 Å². The van der Waals surface area contributed by atoms with Gasteiger partial charge in [0.25, 0.3) is 0 Å². The first-order valence-electron chi connectivity index (χ1n) is 11.2. The minimum Gasteiger partial charge on any atom is -0.486 e. The molecule has 2 aromatic carbocycles. The van der Waals surface area contributed by atoms with E-state index in [0.29, 0.717) is 73.4 Å². The first-order valence-corrected chi connectivity index (χ1v) is 11.2. The molecule has 0 aliphatic carbocycles. The van der Waals surface area contributed by atoms with Crippen LogP contribution in [0.15, 0.2) is 42.5 Å². The van der Waals surface area contributed by atoms with E-state index in [1.807, 2.05) is 12.1 Å². The lowest BCUT2D eigenvalue weighted by Gasteiger charge is -2.21. The number of nitrogens with zero attached hydrogens (tertiary/aromatic N) is 2. The van der Waals surface area contributed by atoms with Crippen molar-refractivity contribution >= 4 is 22.7 Å². The number of carbonyl (C=O) groups is 1. The Kier molecular flexibility index (Phi) is 6.35. The van der Waals surface area contributed by atoms with Crippen LogP contribution in [0.5, 0.6) is 17.4 Å². The number of fused-ring (bicyclic) bond motifs is 2. The van der Waals surface area contributed by atoms with Gasteiger partial charge in [0.15, 0.2) is 11.5 Å². The standard InChI is InChI=1S/C25H25FN2O6/c1-30-23-9-5-16-4-7-20(26)19(24(16)27-23)15-31-10-2-3-18-14-28(25(29)34-18)17-6-8-21-22(13-17)33-12-11-32-21/h4-9,13,18H,2-3,10-12,14-15H2,1H3. The maximum absolute atomic E-state index is 14.4. The van der Waals surface area contributed by atoms with E-state index in [9.17, 15) is 9.18 Å². The average Bonchev–Trinajstić information content (AvgIpc) is 3.24. The maximum Gasteiger partial charge on any atom is 0.414 e. The number of anilines is 1. The van der Waals surface area contributed by atoms with Gasteiger partial charge in [-0.3, -0.25) is 4.90 Å². The van der Waals surface area contributed by atoms with Crippen molar-refractivity contribution in [1.29, 1.82) is 0 Å². The Labute approximate surface area is 196 Å². The van der Waals surface area contributed by atoms with Crippen molar-refractivity contribution in [2.45, 2.75) is 25.6 Å². The molecule has 1 amide bonds. The minimum absolute atomic E-state index is 0.0944. The van der Waals surface area contributed by atoms with E-state index in [4.69, 9.17) is 23.7 Å². The van der Waals surface area contributed by atoms with E-state index in [0.717, 1.165) is 5.39 Å². The van der Waals surface area contributed by atoms with Gasteiger partial charge in [-0.1, -0.05) is 0 Å². The number of methoxy groups -OCH3 is 1. The van der Waals surface area contributed by atoms with E-state index in [-0.39, 0.29) is 24.6 Å². The maximum atomic E-state index is 14.4. The number of benzene rings is 2. The number of amides is 1. The number of ether oxygens (including phenoxy) is 5. The summed E-state index contributed by atoms with van der Waals surface area (Å²) in [4.78, 5) is 18.3. The summed E-state index contributed by atoms with van der Waals surface area (Å²) in [5.74, 6) is 1.35. The molecule has 8 nitrogen and oxygen atoms in total. The summed E-state index contributed by atoms with van der Waals surface area (Å²) in [7, 11) is 1.52. The molecule has 0 bridgehead atoms. The molecule has 178 valence electrons. The average molecular weight is 468 g/mol. The van der Waals surface area contributed by atoms with Crippen molar-refractivity contribution in [3.8, 4) is 17.4 Å². The fraction of sp³-hybridized carbons (Fsp3) is 0.360. The molecule has 34 heavy (non-hydrogen) atoms. The Morgan fingerprint density at radius 2 is 1.94 bits per heavy atom. The summed E-state index contributed by atoms with van der Waals surface area (Å²) in [6.07, 6.45) is 0.664. The Bertz CT molecular complexity index is 1200. The van der Waals surface area contributed by atoms with Crippen molar-refractivity contribution in [3.05, 3.63) is 53.8 Å². The summed E-state index contributed by atoms with van der Waals surface area (Å²) in [5, 5.41) is 0.817. The third kappa shape index (κ3) is 4.56. The van der Waals surface area contributed by atoms with E-state index in [1.165, 1.54) is 13.2 Å². The largest absolute Gasteiger partial charge is 0.486 e. The number of cyclic esters (lactones) is 1. The molecule has 3 aromatic rings. The van der Waals surface area contributed by atoms with Crippen molar-refractivity contribution in [2.24, 2.45) is 0 Å². The number of carbonyl (C=O) groups excluding carboxylic acids is 1. The van der Waals surface area contributed by atoms with Gasteiger partial charge >= 0.3 is 6.09 Å². The number of hydrogen-bond donors (Lipinski definition) is 0. The summed E-state index contributed by atoms with van der Waals surface area (Å²) in [6.45, 7) is 1.94. The molecule has 2 aliphatic rings. The fourth-order valence-corrected chi connectivity index (χ4v) is 4.13. The van der Waals surface area contributed by atoms with E-state index < -0.39 is 0 Å². The number of rotatable bonds is 8. The Morgan fingerprint density at radius 3 is 2.79 bits per heavy atom. The highest BCUT2D eigenvalue weighted by Gasteiger charge is 2.32. The molecule has 0 spiro atoms.